The zero-order chi connectivity index (χ0) is 6.57. The Morgan fingerprint density at radius 2 is 2.25 bits per heavy atom. The van der Waals surface area contributed by atoms with Gasteiger partial charge < -0.3 is 5.73 Å². The predicted molar refractivity (Wildman–Crippen MR) is 26.3 cm³/mol. The molecule has 0 bridgehead atoms. The van der Waals surface area contributed by atoms with Crippen LogP contribution in [-0.2, 0) is 0 Å². The molecule has 0 atom stereocenters. The van der Waals surface area contributed by atoms with E-state index in [-0.39, 0.29) is 11.9 Å². The van der Waals surface area contributed by atoms with E-state index in [4.69, 9.17) is 0 Å². The molecule has 3 N–H and O–H groups in total. The van der Waals surface area contributed by atoms with Crippen molar-refractivity contribution in [2.75, 3.05) is 0 Å². The summed E-state index contributed by atoms with van der Waals surface area (Å²) >= 11 is -0.0185. The molecule has 0 saturated heterocycles. The van der Waals surface area contributed by atoms with E-state index in [0.717, 1.165) is 0 Å². The van der Waals surface area contributed by atoms with Crippen molar-refractivity contribution in [1.29, 1.82) is 0 Å². The molecule has 0 aromatic rings. The number of carbonyl (C=O) groups is 1. The van der Waals surface area contributed by atoms with Crippen LogP contribution in [0.25, 0.3) is 0 Å². The Labute approximate surface area is 48.7 Å². The largest absolute Gasteiger partial charge is 0.351 e. The van der Waals surface area contributed by atoms with Crippen LogP contribution in [0, 0.1) is 0 Å². The van der Waals surface area contributed by atoms with Crippen molar-refractivity contribution < 1.29 is 13.6 Å². The lowest BCUT2D eigenvalue weighted by Crippen LogP contribution is -2.23. The first-order valence-corrected chi connectivity index (χ1v) is 2.50. The van der Waals surface area contributed by atoms with E-state index in [1.165, 1.54) is 0 Å². The number of nitrogens with two attached hydrogens (primary N) is 1. The molecule has 0 aliphatic rings. The van der Waals surface area contributed by atoms with Crippen LogP contribution in [0.2, 0.25) is 0 Å². The van der Waals surface area contributed by atoms with Crippen molar-refractivity contribution in [2.24, 2.45) is 5.73 Å². The summed E-state index contributed by atoms with van der Waals surface area (Å²) in [5, 5.41) is 0. The molecule has 0 heterocycles. The van der Waals surface area contributed by atoms with Gasteiger partial charge >= 0.3 is 11.8 Å². The molecular formula is C2H4F2N2OS. The first-order chi connectivity index (χ1) is 3.63. The zero-order valence-corrected chi connectivity index (χ0v) is 4.54. The molecule has 48 valence electrons. The third kappa shape index (κ3) is 5.48. The standard InChI is InChI=1S/C2H4F2N2OS/c3-1(4)8-6-2(5)7/h1H,(H3,5,6,7). The number of carbonyl (C=O) groups excluding carboxylic acids is 1. The Hall–Kier alpha value is -0.520. The average molecular weight is 142 g/mol. The summed E-state index contributed by atoms with van der Waals surface area (Å²) in [5.74, 6) is -2.61. The molecule has 2 amide bonds. The molecule has 8 heavy (non-hydrogen) atoms. The van der Waals surface area contributed by atoms with E-state index in [2.05, 4.69) is 5.73 Å². The number of alkyl halides is 2. The highest BCUT2D eigenvalue weighted by atomic mass is 32.2. The van der Waals surface area contributed by atoms with E-state index in [1.807, 2.05) is 0 Å². The number of hydrogen-bond donors (Lipinski definition) is 2. The first kappa shape index (κ1) is 7.48. The fourth-order valence-electron chi connectivity index (χ4n) is 0.103. The molecule has 6 heteroatoms. The zero-order valence-electron chi connectivity index (χ0n) is 3.73. The Bertz CT molecular complexity index is 88.1. The Balaban J connectivity index is 3.05. The second-order valence-electron chi connectivity index (χ2n) is 0.845. The molecule has 3 nitrogen and oxygen atoms in total. The second kappa shape index (κ2) is 3.48. The van der Waals surface area contributed by atoms with Gasteiger partial charge in [0.15, 0.2) is 0 Å². The minimum Gasteiger partial charge on any atom is -0.351 e. The van der Waals surface area contributed by atoms with Crippen molar-refractivity contribution in [3.05, 3.63) is 0 Å². The van der Waals surface area contributed by atoms with Gasteiger partial charge in [0, 0.05) is 11.9 Å². The summed E-state index contributed by atoms with van der Waals surface area (Å²) in [4.78, 5) is 9.66. The van der Waals surface area contributed by atoms with E-state index in [1.54, 1.807) is 4.72 Å². The predicted octanol–water partition coefficient (Wildman–Crippen LogP) is 0.526. The minimum atomic E-state index is -2.61. The molecule has 0 aliphatic heterocycles. The van der Waals surface area contributed by atoms with Crippen LogP contribution in [0.15, 0.2) is 0 Å². The van der Waals surface area contributed by atoms with E-state index >= 15 is 0 Å². The van der Waals surface area contributed by atoms with Crippen LogP contribution in [0.1, 0.15) is 0 Å². The smallest absolute Gasteiger partial charge is 0.322 e. The van der Waals surface area contributed by atoms with Gasteiger partial charge in [-0.05, 0) is 0 Å². The van der Waals surface area contributed by atoms with Crippen LogP contribution in [0.4, 0.5) is 13.6 Å². The second-order valence-corrected chi connectivity index (χ2v) is 1.64. The summed E-state index contributed by atoms with van der Waals surface area (Å²) in [6.45, 7) is 0. The summed E-state index contributed by atoms with van der Waals surface area (Å²) in [6, 6.07) is -0.963. The SMILES string of the molecule is NC(=O)NSC(F)F. The highest BCUT2D eigenvalue weighted by Crippen LogP contribution is 2.06. The third-order valence-electron chi connectivity index (χ3n) is 0.249. The summed E-state index contributed by atoms with van der Waals surface area (Å²) in [6.07, 6.45) is 0. The summed E-state index contributed by atoms with van der Waals surface area (Å²) in [7, 11) is 0. The summed E-state index contributed by atoms with van der Waals surface area (Å²) in [5.41, 5.74) is 4.44. The molecule has 0 unspecified atom stereocenters. The van der Waals surface area contributed by atoms with Crippen molar-refractivity contribution in [3.8, 4) is 0 Å². The fourth-order valence-corrected chi connectivity index (χ4v) is 0.308. The lowest BCUT2D eigenvalue weighted by molar-refractivity contribution is 0.245. The maximum atomic E-state index is 11.1. The fraction of sp³-hybridized carbons (Fsp3) is 0.500. The highest BCUT2D eigenvalue weighted by molar-refractivity contribution is 7.98. The lowest BCUT2D eigenvalue weighted by atomic mass is 11.2. The molecule has 0 rings (SSSR count). The van der Waals surface area contributed by atoms with Crippen LogP contribution >= 0.6 is 11.9 Å². The molecule has 0 radical (unpaired) electrons. The van der Waals surface area contributed by atoms with Gasteiger partial charge in [0.25, 0.3) is 0 Å². The Kier molecular flexibility index (Phi) is 3.25. The van der Waals surface area contributed by atoms with E-state index in [0.29, 0.717) is 0 Å². The van der Waals surface area contributed by atoms with Gasteiger partial charge in [-0.15, -0.1) is 0 Å². The van der Waals surface area contributed by atoms with Crippen LogP contribution in [0.5, 0.6) is 0 Å². The maximum absolute atomic E-state index is 11.1. The number of nitrogens with one attached hydrogen (secondary N) is 1. The molecule has 0 spiro atoms. The van der Waals surface area contributed by atoms with Crippen LogP contribution < -0.4 is 10.5 Å². The number of hydrogen-bond acceptors (Lipinski definition) is 2. The van der Waals surface area contributed by atoms with E-state index in [9.17, 15) is 13.6 Å². The van der Waals surface area contributed by atoms with Gasteiger partial charge in [0.2, 0.25) is 0 Å². The summed E-state index contributed by atoms with van der Waals surface area (Å²) < 4.78 is 23.8. The van der Waals surface area contributed by atoms with Gasteiger partial charge in [0.1, 0.15) is 0 Å². The highest BCUT2D eigenvalue weighted by Gasteiger charge is 2.02. The maximum Gasteiger partial charge on any atom is 0.322 e. The third-order valence-corrected chi connectivity index (χ3v) is 0.746. The topological polar surface area (TPSA) is 55.1 Å². The van der Waals surface area contributed by atoms with Crippen molar-refractivity contribution in [3.63, 3.8) is 0 Å². The van der Waals surface area contributed by atoms with Crippen molar-refractivity contribution in [1.82, 2.24) is 4.72 Å². The Morgan fingerprint density at radius 1 is 1.75 bits per heavy atom. The lowest BCUT2D eigenvalue weighted by Gasteiger charge is -1.95. The van der Waals surface area contributed by atoms with Gasteiger partial charge in [0.05, 0.1) is 0 Å². The van der Waals surface area contributed by atoms with Crippen LogP contribution in [0.3, 0.4) is 0 Å². The molecular weight excluding hydrogens is 138 g/mol. The average Bonchev–Trinajstić information content (AvgIpc) is 1.61. The van der Waals surface area contributed by atoms with Crippen molar-refractivity contribution >= 4 is 18.0 Å². The molecule has 0 aromatic carbocycles. The van der Waals surface area contributed by atoms with Gasteiger partial charge in [-0.3, -0.25) is 4.72 Å². The number of urea groups is 1. The number of primary amides is 1. The number of rotatable bonds is 2. The molecule has 0 aromatic heterocycles. The first-order valence-electron chi connectivity index (χ1n) is 1.62. The Morgan fingerprint density at radius 3 is 2.38 bits per heavy atom. The van der Waals surface area contributed by atoms with Gasteiger partial charge in [-0.25, -0.2) is 4.79 Å². The molecule has 0 aliphatic carbocycles. The minimum absolute atomic E-state index is 0.0185. The number of amides is 2. The monoisotopic (exact) mass is 142 g/mol. The van der Waals surface area contributed by atoms with E-state index < -0.39 is 11.8 Å². The molecule has 0 fully saturated rings. The van der Waals surface area contributed by atoms with Gasteiger partial charge in [-0.2, -0.15) is 8.78 Å². The normalized spacial score (nSPS) is 9.38. The molecule has 0 saturated carbocycles. The quantitative estimate of drug-likeness (QED) is 0.552. The van der Waals surface area contributed by atoms with Crippen molar-refractivity contribution in [2.45, 2.75) is 5.76 Å². The number of halogens is 2. The van der Waals surface area contributed by atoms with Crippen LogP contribution in [-0.4, -0.2) is 11.8 Å². The van der Waals surface area contributed by atoms with Gasteiger partial charge in [-0.1, -0.05) is 0 Å².